The molecule has 4 aromatic rings. The molecule has 0 bridgehead atoms. The number of nitrogens with zero attached hydrogens (tertiary/aromatic N) is 4. The first kappa shape index (κ1) is 21.2. The molecular formula is C24H27N5OS. The molecule has 0 atom stereocenters. The van der Waals surface area contributed by atoms with Crippen LogP contribution in [0.5, 0.6) is 0 Å². The summed E-state index contributed by atoms with van der Waals surface area (Å²) in [5, 5.41) is 8.35. The quantitative estimate of drug-likeness (QED) is 0.433. The van der Waals surface area contributed by atoms with Crippen LogP contribution >= 0.6 is 11.3 Å². The highest BCUT2D eigenvalue weighted by Gasteiger charge is 2.21. The Morgan fingerprint density at radius 2 is 1.81 bits per heavy atom. The van der Waals surface area contributed by atoms with Crippen LogP contribution in [0, 0.1) is 34.6 Å². The number of aromatic nitrogens is 4. The van der Waals surface area contributed by atoms with E-state index in [1.54, 1.807) is 17.5 Å². The summed E-state index contributed by atoms with van der Waals surface area (Å²) in [6, 6.07) is 6.12. The molecule has 6 nitrogen and oxygen atoms in total. The molecule has 0 saturated heterocycles. The normalized spacial score (nSPS) is 11.5. The standard InChI is InChI=1S/C24H27N5OS/c1-12(2)29-23-20(11-25-29)19(10-21(27-23)18-9-15(5)31-17(18)7)24(30)28-22-13(3)8-14(4)26-16(22)6/h8-12H,1-7H3,(H,28,30). The Balaban J connectivity index is 1.88. The second-order valence-electron chi connectivity index (χ2n) is 8.30. The summed E-state index contributed by atoms with van der Waals surface area (Å²) in [5.74, 6) is -0.182. The summed E-state index contributed by atoms with van der Waals surface area (Å²) in [6.45, 7) is 14.1. The minimum absolute atomic E-state index is 0.132. The number of hydrogen-bond donors (Lipinski definition) is 1. The maximum Gasteiger partial charge on any atom is 0.256 e. The number of nitrogens with one attached hydrogen (secondary N) is 1. The van der Waals surface area contributed by atoms with Gasteiger partial charge in [0.05, 0.1) is 34.2 Å². The van der Waals surface area contributed by atoms with Gasteiger partial charge in [-0.05, 0) is 72.2 Å². The molecule has 7 heteroatoms. The van der Waals surface area contributed by atoms with Crippen LogP contribution in [0.25, 0.3) is 22.3 Å². The van der Waals surface area contributed by atoms with E-state index in [-0.39, 0.29) is 11.9 Å². The summed E-state index contributed by atoms with van der Waals surface area (Å²) in [5.41, 5.74) is 6.61. The fraction of sp³-hybridized carbons (Fsp3) is 0.333. The SMILES string of the molecule is Cc1cc(C)c(NC(=O)c2cc(-c3cc(C)sc3C)nc3c2cnn3C(C)C)c(C)n1. The molecule has 0 aromatic carbocycles. The molecule has 0 spiro atoms. The fourth-order valence-electron chi connectivity index (χ4n) is 4.00. The third-order valence-corrected chi connectivity index (χ3v) is 6.35. The van der Waals surface area contributed by atoms with Crippen molar-refractivity contribution in [3.63, 3.8) is 0 Å². The first-order valence-corrected chi connectivity index (χ1v) is 11.2. The molecule has 0 aliphatic rings. The van der Waals surface area contributed by atoms with Gasteiger partial charge in [0.2, 0.25) is 0 Å². The van der Waals surface area contributed by atoms with Crippen molar-refractivity contribution in [2.45, 2.75) is 54.5 Å². The second kappa shape index (κ2) is 7.89. The van der Waals surface area contributed by atoms with E-state index in [1.165, 1.54) is 9.75 Å². The molecule has 0 aliphatic carbocycles. The lowest BCUT2D eigenvalue weighted by Gasteiger charge is -2.14. The van der Waals surface area contributed by atoms with Crippen molar-refractivity contribution in [2.24, 2.45) is 0 Å². The van der Waals surface area contributed by atoms with Crippen molar-refractivity contribution in [1.29, 1.82) is 0 Å². The minimum atomic E-state index is -0.182. The number of rotatable bonds is 4. The Morgan fingerprint density at radius 3 is 2.42 bits per heavy atom. The summed E-state index contributed by atoms with van der Waals surface area (Å²) in [6.07, 6.45) is 1.74. The zero-order valence-electron chi connectivity index (χ0n) is 19.0. The number of carbonyl (C=O) groups is 1. The van der Waals surface area contributed by atoms with E-state index in [4.69, 9.17) is 4.98 Å². The summed E-state index contributed by atoms with van der Waals surface area (Å²) >= 11 is 1.73. The number of carbonyl (C=O) groups excluding carboxylic acids is 1. The van der Waals surface area contributed by atoms with Crippen LogP contribution in [0.1, 0.15) is 57.0 Å². The molecule has 0 fully saturated rings. The summed E-state index contributed by atoms with van der Waals surface area (Å²) in [7, 11) is 0. The second-order valence-corrected chi connectivity index (χ2v) is 9.76. The topological polar surface area (TPSA) is 72.7 Å². The van der Waals surface area contributed by atoms with E-state index in [2.05, 4.69) is 49.2 Å². The summed E-state index contributed by atoms with van der Waals surface area (Å²) in [4.78, 5) is 25.3. The van der Waals surface area contributed by atoms with E-state index in [1.807, 2.05) is 37.6 Å². The smallest absolute Gasteiger partial charge is 0.256 e. The van der Waals surface area contributed by atoms with Gasteiger partial charge in [0, 0.05) is 27.1 Å². The highest BCUT2D eigenvalue weighted by atomic mass is 32.1. The van der Waals surface area contributed by atoms with E-state index in [0.717, 1.165) is 44.9 Å². The average Bonchev–Trinajstić information content (AvgIpc) is 3.26. The lowest BCUT2D eigenvalue weighted by atomic mass is 10.1. The largest absolute Gasteiger partial charge is 0.320 e. The minimum Gasteiger partial charge on any atom is -0.320 e. The predicted octanol–water partition coefficient (Wildman–Crippen LogP) is 5.93. The van der Waals surface area contributed by atoms with Gasteiger partial charge < -0.3 is 5.32 Å². The Labute approximate surface area is 186 Å². The van der Waals surface area contributed by atoms with Gasteiger partial charge in [-0.1, -0.05) is 0 Å². The van der Waals surface area contributed by atoms with Crippen molar-refractivity contribution >= 4 is 34.0 Å². The van der Waals surface area contributed by atoms with Gasteiger partial charge in [-0.3, -0.25) is 9.78 Å². The van der Waals surface area contributed by atoms with Crippen molar-refractivity contribution in [3.05, 3.63) is 56.7 Å². The molecule has 4 aromatic heterocycles. The third kappa shape index (κ3) is 3.85. The van der Waals surface area contributed by atoms with Gasteiger partial charge in [0.15, 0.2) is 5.65 Å². The number of aryl methyl sites for hydroxylation is 5. The molecular weight excluding hydrogens is 406 g/mol. The molecule has 160 valence electrons. The van der Waals surface area contributed by atoms with Gasteiger partial charge in [0.1, 0.15) is 0 Å². The number of fused-ring (bicyclic) bond motifs is 1. The Hall–Kier alpha value is -3.06. The Bertz CT molecular complexity index is 1290. The maximum absolute atomic E-state index is 13.5. The number of anilines is 1. The molecule has 1 amide bonds. The molecule has 0 unspecified atom stereocenters. The van der Waals surface area contributed by atoms with Crippen molar-refractivity contribution in [1.82, 2.24) is 19.7 Å². The number of thiophene rings is 1. The fourth-order valence-corrected chi connectivity index (χ4v) is 4.93. The number of pyridine rings is 2. The van der Waals surface area contributed by atoms with Crippen LogP contribution < -0.4 is 5.32 Å². The van der Waals surface area contributed by atoms with E-state index < -0.39 is 0 Å². The molecule has 4 rings (SSSR count). The van der Waals surface area contributed by atoms with Crippen LogP contribution in [0.3, 0.4) is 0 Å². The maximum atomic E-state index is 13.5. The monoisotopic (exact) mass is 433 g/mol. The molecule has 0 aliphatic heterocycles. The van der Waals surface area contributed by atoms with Gasteiger partial charge in [-0.15, -0.1) is 11.3 Å². The van der Waals surface area contributed by atoms with Gasteiger partial charge >= 0.3 is 0 Å². The van der Waals surface area contributed by atoms with E-state index in [9.17, 15) is 4.79 Å². The van der Waals surface area contributed by atoms with Crippen molar-refractivity contribution in [3.8, 4) is 11.3 Å². The van der Waals surface area contributed by atoms with Crippen LogP contribution in [0.2, 0.25) is 0 Å². The first-order valence-electron chi connectivity index (χ1n) is 10.4. The van der Waals surface area contributed by atoms with E-state index >= 15 is 0 Å². The number of hydrogen-bond acceptors (Lipinski definition) is 5. The lowest BCUT2D eigenvalue weighted by molar-refractivity contribution is 0.102. The highest BCUT2D eigenvalue weighted by Crippen LogP contribution is 2.33. The van der Waals surface area contributed by atoms with Crippen LogP contribution in [0.15, 0.2) is 24.4 Å². The first-order chi connectivity index (χ1) is 14.7. The van der Waals surface area contributed by atoms with E-state index in [0.29, 0.717) is 5.56 Å². The molecule has 1 N–H and O–H groups in total. The van der Waals surface area contributed by atoms with Crippen LogP contribution in [0.4, 0.5) is 5.69 Å². The molecule has 31 heavy (non-hydrogen) atoms. The van der Waals surface area contributed by atoms with Crippen molar-refractivity contribution < 1.29 is 4.79 Å². The molecule has 0 saturated carbocycles. The lowest BCUT2D eigenvalue weighted by Crippen LogP contribution is -2.16. The predicted molar refractivity (Wildman–Crippen MR) is 127 cm³/mol. The Kier molecular flexibility index (Phi) is 5.39. The van der Waals surface area contributed by atoms with Crippen LogP contribution in [-0.4, -0.2) is 25.7 Å². The third-order valence-electron chi connectivity index (χ3n) is 5.38. The average molecular weight is 434 g/mol. The summed E-state index contributed by atoms with van der Waals surface area (Å²) < 4.78 is 1.87. The molecule has 4 heterocycles. The van der Waals surface area contributed by atoms with Gasteiger partial charge in [-0.2, -0.15) is 5.10 Å². The zero-order chi connectivity index (χ0) is 22.4. The van der Waals surface area contributed by atoms with Gasteiger partial charge in [0.25, 0.3) is 5.91 Å². The zero-order valence-corrected chi connectivity index (χ0v) is 19.8. The highest BCUT2D eigenvalue weighted by molar-refractivity contribution is 7.12. The van der Waals surface area contributed by atoms with Crippen molar-refractivity contribution in [2.75, 3.05) is 5.32 Å². The Morgan fingerprint density at radius 1 is 1.06 bits per heavy atom. The number of amides is 1. The molecule has 0 radical (unpaired) electrons. The van der Waals surface area contributed by atoms with Crippen LogP contribution in [-0.2, 0) is 0 Å². The van der Waals surface area contributed by atoms with Gasteiger partial charge in [-0.25, -0.2) is 9.67 Å².